The summed E-state index contributed by atoms with van der Waals surface area (Å²) in [4.78, 5) is 24.3. The fourth-order valence-corrected chi connectivity index (χ4v) is 2.71. The summed E-state index contributed by atoms with van der Waals surface area (Å²) in [5.74, 6) is -3.59. The lowest BCUT2D eigenvalue weighted by Crippen LogP contribution is -2.39. The number of benzene rings is 2. The topological polar surface area (TPSA) is 78.6 Å². The van der Waals surface area contributed by atoms with Gasteiger partial charge in [-0.15, -0.1) is 0 Å². The lowest BCUT2D eigenvalue weighted by Gasteiger charge is -2.22. The van der Waals surface area contributed by atoms with Gasteiger partial charge in [-0.1, -0.05) is 0 Å². The van der Waals surface area contributed by atoms with E-state index in [1.165, 1.54) is 0 Å². The minimum atomic E-state index is -5.16. The fraction of sp³-hybridized carbons (Fsp3) is 0.364. The maximum absolute atomic E-state index is 14.2. The van der Waals surface area contributed by atoms with Crippen LogP contribution in [0.15, 0.2) is 36.4 Å². The molecule has 0 fully saturated rings. The molecule has 0 amide bonds. The molecule has 2 rings (SSSR count). The largest absolute Gasteiger partial charge is 0.459 e. The number of rotatable bonds is 5. The smallest absolute Gasteiger partial charge is 0.416 e. The van der Waals surface area contributed by atoms with Gasteiger partial charge in [0.1, 0.15) is 23.2 Å². The molecule has 2 aromatic carbocycles. The van der Waals surface area contributed by atoms with Gasteiger partial charge in [0.15, 0.2) is 0 Å². The molecule has 0 radical (unpaired) electrons. The van der Waals surface area contributed by atoms with Crippen molar-refractivity contribution in [2.24, 2.45) is 5.73 Å². The third-order valence-electron chi connectivity index (χ3n) is 4.20. The van der Waals surface area contributed by atoms with Crippen molar-refractivity contribution in [3.05, 3.63) is 64.5 Å². The van der Waals surface area contributed by atoms with Gasteiger partial charge in [0.2, 0.25) is 0 Å². The van der Waals surface area contributed by atoms with Crippen molar-refractivity contribution in [2.75, 3.05) is 0 Å². The van der Waals surface area contributed by atoms with Crippen LogP contribution >= 0.6 is 0 Å². The van der Waals surface area contributed by atoms with Gasteiger partial charge >= 0.3 is 24.3 Å². The molecule has 12 heteroatoms. The number of ether oxygens (including phenoxy) is 2. The summed E-state index contributed by atoms with van der Waals surface area (Å²) < 4.78 is 102. The van der Waals surface area contributed by atoms with Crippen molar-refractivity contribution in [2.45, 2.75) is 51.2 Å². The Morgan fingerprint density at radius 1 is 0.912 bits per heavy atom. The number of hydrogen-bond acceptors (Lipinski definition) is 5. The van der Waals surface area contributed by atoms with Crippen LogP contribution in [-0.4, -0.2) is 23.6 Å². The van der Waals surface area contributed by atoms with Crippen LogP contribution in [0.1, 0.15) is 47.8 Å². The Morgan fingerprint density at radius 2 is 1.44 bits per heavy atom. The quantitative estimate of drug-likeness (QED) is 0.346. The standard InChI is InChI=1S/C22H20F7NO4/c1-20(2,3)34-19(32)17(30)9-11-8-15(4-5-16(11)23)33-18(31)12-6-13(21(24,25)26)10-14(7-12)22(27,28)29/h4-8,10,17H,9,30H2,1-3H3. The predicted octanol–water partition coefficient (Wildman–Crippen LogP) is 5.29. The van der Waals surface area contributed by atoms with Crippen LogP contribution in [0.3, 0.4) is 0 Å². The van der Waals surface area contributed by atoms with Gasteiger partial charge in [-0.3, -0.25) is 4.79 Å². The molecule has 0 aliphatic heterocycles. The van der Waals surface area contributed by atoms with Crippen LogP contribution in [-0.2, 0) is 28.3 Å². The van der Waals surface area contributed by atoms with E-state index in [9.17, 15) is 40.3 Å². The first-order valence-corrected chi connectivity index (χ1v) is 9.65. The minimum absolute atomic E-state index is 0.134. The maximum Gasteiger partial charge on any atom is 0.416 e. The molecular formula is C22H20F7NO4. The number of carbonyl (C=O) groups excluding carboxylic acids is 2. The van der Waals surface area contributed by atoms with Crippen LogP contribution in [0, 0.1) is 5.82 Å². The molecule has 0 spiro atoms. The Kier molecular flexibility index (Phi) is 7.66. The Labute approximate surface area is 189 Å². The van der Waals surface area contributed by atoms with E-state index in [4.69, 9.17) is 15.2 Å². The zero-order chi connectivity index (χ0) is 26.1. The van der Waals surface area contributed by atoms with E-state index < -0.39 is 58.4 Å². The fourth-order valence-electron chi connectivity index (χ4n) is 2.71. The zero-order valence-corrected chi connectivity index (χ0v) is 18.1. The van der Waals surface area contributed by atoms with Crippen LogP contribution in [0.4, 0.5) is 30.7 Å². The Bertz CT molecular complexity index is 1040. The zero-order valence-electron chi connectivity index (χ0n) is 18.1. The molecule has 0 bridgehead atoms. The van der Waals surface area contributed by atoms with Gasteiger partial charge in [0, 0.05) is 6.42 Å². The Balaban J connectivity index is 2.30. The summed E-state index contributed by atoms with van der Waals surface area (Å²) in [5.41, 5.74) is 0.264. The van der Waals surface area contributed by atoms with Crippen molar-refractivity contribution in [1.29, 1.82) is 0 Å². The number of carbonyl (C=O) groups is 2. The molecule has 0 aliphatic rings. The van der Waals surface area contributed by atoms with Gasteiger partial charge < -0.3 is 15.2 Å². The van der Waals surface area contributed by atoms with Gasteiger partial charge in [-0.05, 0) is 62.7 Å². The highest BCUT2D eigenvalue weighted by Gasteiger charge is 2.37. The highest BCUT2D eigenvalue weighted by Crippen LogP contribution is 2.36. The lowest BCUT2D eigenvalue weighted by atomic mass is 10.0. The second kappa shape index (κ2) is 9.61. The van der Waals surface area contributed by atoms with E-state index >= 15 is 0 Å². The first-order chi connectivity index (χ1) is 15.4. The SMILES string of the molecule is CC(C)(C)OC(=O)C(N)Cc1cc(OC(=O)c2cc(C(F)(F)F)cc(C(F)(F)F)c2)ccc1F. The number of halogens is 7. The van der Waals surface area contributed by atoms with Crippen molar-refractivity contribution >= 4 is 11.9 Å². The molecule has 0 saturated heterocycles. The molecular weight excluding hydrogens is 475 g/mol. The summed E-state index contributed by atoms with van der Waals surface area (Å²) in [6.07, 6.45) is -10.7. The van der Waals surface area contributed by atoms with E-state index in [1.807, 2.05) is 0 Å². The normalized spacial score (nSPS) is 13.4. The van der Waals surface area contributed by atoms with Gasteiger partial charge in [0.25, 0.3) is 0 Å². The number of nitrogens with two attached hydrogens (primary N) is 1. The molecule has 186 valence electrons. The van der Waals surface area contributed by atoms with Crippen molar-refractivity contribution in [1.82, 2.24) is 0 Å². The average molecular weight is 495 g/mol. The second-order valence-corrected chi connectivity index (χ2v) is 8.28. The molecule has 0 aromatic heterocycles. The monoisotopic (exact) mass is 495 g/mol. The number of esters is 2. The number of hydrogen-bond donors (Lipinski definition) is 1. The van der Waals surface area contributed by atoms with E-state index in [-0.39, 0.29) is 35.9 Å². The molecule has 34 heavy (non-hydrogen) atoms. The van der Waals surface area contributed by atoms with E-state index in [0.29, 0.717) is 0 Å². The minimum Gasteiger partial charge on any atom is -0.459 e. The van der Waals surface area contributed by atoms with Crippen LogP contribution in [0.2, 0.25) is 0 Å². The lowest BCUT2D eigenvalue weighted by molar-refractivity contribution is -0.156. The van der Waals surface area contributed by atoms with Crippen molar-refractivity contribution in [3.63, 3.8) is 0 Å². The molecule has 1 unspecified atom stereocenters. The average Bonchev–Trinajstić information content (AvgIpc) is 2.67. The maximum atomic E-state index is 14.2. The Hall–Kier alpha value is -3.15. The summed E-state index contributed by atoms with van der Waals surface area (Å²) in [5, 5.41) is 0. The first-order valence-electron chi connectivity index (χ1n) is 9.65. The highest BCUT2D eigenvalue weighted by molar-refractivity contribution is 5.91. The van der Waals surface area contributed by atoms with Gasteiger partial charge in [-0.25, -0.2) is 9.18 Å². The third-order valence-corrected chi connectivity index (χ3v) is 4.20. The Morgan fingerprint density at radius 3 is 1.91 bits per heavy atom. The molecule has 2 aromatic rings. The molecule has 0 aliphatic carbocycles. The summed E-state index contributed by atoms with van der Waals surface area (Å²) >= 11 is 0. The molecule has 1 atom stereocenters. The summed E-state index contributed by atoms with van der Waals surface area (Å²) in [6, 6.07) is 1.72. The van der Waals surface area contributed by atoms with Crippen molar-refractivity contribution < 1.29 is 49.8 Å². The van der Waals surface area contributed by atoms with Crippen LogP contribution in [0.25, 0.3) is 0 Å². The molecule has 5 nitrogen and oxygen atoms in total. The molecule has 2 N–H and O–H groups in total. The van der Waals surface area contributed by atoms with Gasteiger partial charge in [-0.2, -0.15) is 26.3 Å². The van der Waals surface area contributed by atoms with Crippen molar-refractivity contribution in [3.8, 4) is 5.75 Å². The van der Waals surface area contributed by atoms with E-state index in [1.54, 1.807) is 20.8 Å². The highest BCUT2D eigenvalue weighted by atomic mass is 19.4. The second-order valence-electron chi connectivity index (χ2n) is 8.28. The van der Waals surface area contributed by atoms with E-state index in [0.717, 1.165) is 18.2 Å². The predicted molar refractivity (Wildman–Crippen MR) is 105 cm³/mol. The number of alkyl halides is 6. The summed E-state index contributed by atoms with van der Waals surface area (Å²) in [6.45, 7) is 4.78. The van der Waals surface area contributed by atoms with Crippen LogP contribution in [0.5, 0.6) is 5.75 Å². The summed E-state index contributed by atoms with van der Waals surface area (Å²) in [7, 11) is 0. The first kappa shape index (κ1) is 27.1. The van der Waals surface area contributed by atoms with Crippen LogP contribution < -0.4 is 10.5 Å². The molecule has 0 saturated carbocycles. The third kappa shape index (κ3) is 7.44. The van der Waals surface area contributed by atoms with Gasteiger partial charge in [0.05, 0.1) is 16.7 Å². The van der Waals surface area contributed by atoms with E-state index in [2.05, 4.69) is 0 Å². The molecule has 0 heterocycles.